The molecule has 1 heterocycles. The number of benzene rings is 2. The lowest BCUT2D eigenvalue weighted by molar-refractivity contribution is -0.384. The van der Waals surface area contributed by atoms with Crippen LogP contribution in [0.5, 0.6) is 5.75 Å². The minimum absolute atomic E-state index is 0.0134. The molecule has 1 aliphatic heterocycles. The van der Waals surface area contributed by atoms with Gasteiger partial charge in [-0.05, 0) is 36.4 Å². The Labute approximate surface area is 157 Å². The van der Waals surface area contributed by atoms with Crippen molar-refractivity contribution in [2.45, 2.75) is 0 Å². The average molecular weight is 371 g/mol. The van der Waals surface area contributed by atoms with Gasteiger partial charge in [0, 0.05) is 37.9 Å². The summed E-state index contributed by atoms with van der Waals surface area (Å²) in [6.45, 7) is 2.65. The van der Waals surface area contributed by atoms with Crippen LogP contribution < -0.4 is 14.5 Å². The number of methoxy groups -OCH3 is 2. The zero-order chi connectivity index (χ0) is 19.4. The molecule has 0 saturated carbocycles. The fourth-order valence-electron chi connectivity index (χ4n) is 3.17. The van der Waals surface area contributed by atoms with Crippen LogP contribution in [0, 0.1) is 10.1 Å². The number of anilines is 2. The number of nitro groups is 1. The van der Waals surface area contributed by atoms with Crippen LogP contribution in [0.1, 0.15) is 10.4 Å². The maximum atomic E-state index is 11.8. The summed E-state index contributed by atoms with van der Waals surface area (Å²) in [6, 6.07) is 12.1. The number of ether oxygens (including phenoxy) is 2. The van der Waals surface area contributed by atoms with Gasteiger partial charge in [0.15, 0.2) is 0 Å². The van der Waals surface area contributed by atoms with Crippen molar-refractivity contribution < 1.29 is 19.2 Å². The molecule has 0 amide bonds. The van der Waals surface area contributed by atoms with Crippen LogP contribution in [0.3, 0.4) is 0 Å². The topological polar surface area (TPSA) is 85.1 Å². The number of rotatable bonds is 5. The maximum Gasteiger partial charge on any atom is 0.337 e. The van der Waals surface area contributed by atoms with Crippen LogP contribution in [0.4, 0.5) is 17.1 Å². The van der Waals surface area contributed by atoms with Crippen molar-refractivity contribution in [1.29, 1.82) is 0 Å². The Balaban J connectivity index is 1.78. The van der Waals surface area contributed by atoms with Gasteiger partial charge in [-0.15, -0.1) is 0 Å². The van der Waals surface area contributed by atoms with Gasteiger partial charge in [0.1, 0.15) is 11.4 Å². The Morgan fingerprint density at radius 3 is 2.19 bits per heavy atom. The number of hydrogen-bond acceptors (Lipinski definition) is 7. The second-order valence-corrected chi connectivity index (χ2v) is 6.12. The van der Waals surface area contributed by atoms with E-state index in [1.54, 1.807) is 7.11 Å². The molecule has 0 aliphatic carbocycles. The van der Waals surface area contributed by atoms with Crippen molar-refractivity contribution in [1.82, 2.24) is 0 Å². The van der Waals surface area contributed by atoms with Gasteiger partial charge >= 0.3 is 5.97 Å². The number of carbonyl (C=O) groups excluding carboxylic acids is 1. The van der Waals surface area contributed by atoms with Gasteiger partial charge in [-0.3, -0.25) is 10.1 Å². The molecule has 0 spiro atoms. The Hall–Kier alpha value is -3.29. The Bertz CT molecular complexity index is 830. The first-order valence-corrected chi connectivity index (χ1v) is 8.54. The zero-order valence-electron chi connectivity index (χ0n) is 15.3. The molecule has 27 heavy (non-hydrogen) atoms. The maximum absolute atomic E-state index is 11.8. The molecular formula is C19H21N3O5. The monoisotopic (exact) mass is 371 g/mol. The number of nitro benzene ring substituents is 1. The van der Waals surface area contributed by atoms with Crippen LogP contribution in [-0.2, 0) is 4.74 Å². The van der Waals surface area contributed by atoms with Gasteiger partial charge in [-0.1, -0.05) is 0 Å². The van der Waals surface area contributed by atoms with E-state index in [0.29, 0.717) is 37.4 Å². The van der Waals surface area contributed by atoms with Crippen molar-refractivity contribution in [2.75, 3.05) is 50.2 Å². The molecule has 0 unspecified atom stereocenters. The first kappa shape index (κ1) is 18.5. The molecule has 0 bridgehead atoms. The van der Waals surface area contributed by atoms with Crippen molar-refractivity contribution in [3.05, 3.63) is 58.1 Å². The summed E-state index contributed by atoms with van der Waals surface area (Å²) >= 11 is 0. The van der Waals surface area contributed by atoms with Crippen LogP contribution in [-0.4, -0.2) is 51.3 Å². The molecule has 3 rings (SSSR count). The van der Waals surface area contributed by atoms with Gasteiger partial charge in [-0.2, -0.15) is 0 Å². The fraction of sp³-hybridized carbons (Fsp3) is 0.316. The van der Waals surface area contributed by atoms with E-state index in [9.17, 15) is 14.9 Å². The smallest absolute Gasteiger partial charge is 0.337 e. The highest BCUT2D eigenvalue weighted by Crippen LogP contribution is 2.31. The Kier molecular flexibility index (Phi) is 5.44. The third kappa shape index (κ3) is 3.94. The zero-order valence-corrected chi connectivity index (χ0v) is 15.3. The Morgan fingerprint density at radius 1 is 1.00 bits per heavy atom. The number of esters is 1. The molecule has 2 aromatic carbocycles. The first-order valence-electron chi connectivity index (χ1n) is 8.54. The van der Waals surface area contributed by atoms with Crippen molar-refractivity contribution in [3.63, 3.8) is 0 Å². The van der Waals surface area contributed by atoms with Crippen LogP contribution in [0.2, 0.25) is 0 Å². The van der Waals surface area contributed by atoms with Gasteiger partial charge in [0.25, 0.3) is 5.69 Å². The number of piperazine rings is 1. The van der Waals surface area contributed by atoms with E-state index < -0.39 is 10.9 Å². The molecule has 0 atom stereocenters. The first-order chi connectivity index (χ1) is 13.0. The quantitative estimate of drug-likeness (QED) is 0.454. The summed E-state index contributed by atoms with van der Waals surface area (Å²) in [6.07, 6.45) is 0. The highest BCUT2D eigenvalue weighted by Gasteiger charge is 2.25. The van der Waals surface area contributed by atoms with E-state index in [-0.39, 0.29) is 5.69 Å². The molecule has 8 heteroatoms. The third-order valence-electron chi connectivity index (χ3n) is 4.65. The molecule has 0 N–H and O–H groups in total. The highest BCUT2D eigenvalue weighted by molar-refractivity contribution is 5.91. The SMILES string of the molecule is COC(=O)c1ccc([N+](=O)[O-])c(N2CCN(c3ccc(OC)cc3)CC2)c1. The molecule has 1 saturated heterocycles. The third-order valence-corrected chi connectivity index (χ3v) is 4.65. The number of nitrogens with zero attached hydrogens (tertiary/aromatic N) is 3. The summed E-state index contributed by atoms with van der Waals surface area (Å²) in [5.74, 6) is 0.288. The van der Waals surface area contributed by atoms with Gasteiger partial charge in [0.2, 0.25) is 0 Å². The lowest BCUT2D eigenvalue weighted by Crippen LogP contribution is -2.46. The van der Waals surface area contributed by atoms with E-state index in [1.807, 2.05) is 29.2 Å². The molecule has 0 aromatic heterocycles. The van der Waals surface area contributed by atoms with Crippen LogP contribution >= 0.6 is 0 Å². The lowest BCUT2D eigenvalue weighted by atomic mass is 10.1. The molecular weight excluding hydrogens is 350 g/mol. The minimum atomic E-state index is -0.511. The normalized spacial score (nSPS) is 14.0. The average Bonchev–Trinajstić information content (AvgIpc) is 2.72. The van der Waals surface area contributed by atoms with Gasteiger partial charge in [-0.25, -0.2) is 4.79 Å². The highest BCUT2D eigenvalue weighted by atomic mass is 16.6. The molecule has 1 aliphatic rings. The van der Waals surface area contributed by atoms with Crippen molar-refractivity contribution in [2.24, 2.45) is 0 Å². The van der Waals surface area contributed by atoms with Crippen LogP contribution in [0.25, 0.3) is 0 Å². The van der Waals surface area contributed by atoms with Crippen molar-refractivity contribution >= 4 is 23.0 Å². The predicted octanol–water partition coefficient (Wildman–Crippen LogP) is 2.72. The summed E-state index contributed by atoms with van der Waals surface area (Å²) in [4.78, 5) is 26.9. The molecule has 8 nitrogen and oxygen atoms in total. The second kappa shape index (κ2) is 7.94. The molecule has 142 valence electrons. The van der Waals surface area contributed by atoms with E-state index in [4.69, 9.17) is 9.47 Å². The minimum Gasteiger partial charge on any atom is -0.497 e. The predicted molar refractivity (Wildman–Crippen MR) is 102 cm³/mol. The standard InChI is InChI=1S/C19H21N3O5/c1-26-16-6-4-15(5-7-16)20-9-11-21(12-10-20)18-13-14(19(23)27-2)3-8-17(18)22(24)25/h3-8,13H,9-12H2,1-2H3. The van der Waals surface area contributed by atoms with Gasteiger partial charge in [0.05, 0.1) is 24.7 Å². The summed E-state index contributed by atoms with van der Waals surface area (Å²) in [5.41, 5.74) is 1.81. The summed E-state index contributed by atoms with van der Waals surface area (Å²) in [7, 11) is 2.92. The van der Waals surface area contributed by atoms with Crippen LogP contribution in [0.15, 0.2) is 42.5 Å². The summed E-state index contributed by atoms with van der Waals surface area (Å²) in [5, 5.41) is 11.4. The van der Waals surface area contributed by atoms with E-state index in [1.165, 1.54) is 25.3 Å². The lowest BCUT2D eigenvalue weighted by Gasteiger charge is -2.37. The second-order valence-electron chi connectivity index (χ2n) is 6.12. The number of carbonyl (C=O) groups is 1. The van der Waals surface area contributed by atoms with Crippen molar-refractivity contribution in [3.8, 4) is 5.75 Å². The molecule has 0 radical (unpaired) electrons. The van der Waals surface area contributed by atoms with Gasteiger partial charge < -0.3 is 19.3 Å². The van der Waals surface area contributed by atoms with E-state index in [2.05, 4.69) is 4.90 Å². The van der Waals surface area contributed by atoms with E-state index >= 15 is 0 Å². The fourth-order valence-corrected chi connectivity index (χ4v) is 3.17. The summed E-state index contributed by atoms with van der Waals surface area (Å²) < 4.78 is 9.91. The molecule has 1 fully saturated rings. The molecule has 2 aromatic rings. The van der Waals surface area contributed by atoms with E-state index in [0.717, 1.165) is 11.4 Å². The number of hydrogen-bond donors (Lipinski definition) is 0. The Morgan fingerprint density at radius 2 is 1.63 bits per heavy atom. The largest absolute Gasteiger partial charge is 0.497 e.